The fourth-order valence-corrected chi connectivity index (χ4v) is 3.68. The van der Waals surface area contributed by atoms with Crippen molar-refractivity contribution in [3.05, 3.63) is 40.3 Å². The quantitative estimate of drug-likeness (QED) is 0.815. The van der Waals surface area contributed by atoms with Crippen LogP contribution >= 0.6 is 11.3 Å². The summed E-state index contributed by atoms with van der Waals surface area (Å²) in [5, 5.41) is 11.2. The zero-order valence-corrected chi connectivity index (χ0v) is 16.1. The van der Waals surface area contributed by atoms with Crippen molar-refractivity contribution in [3.8, 4) is 11.5 Å². The Labute approximate surface area is 161 Å². The number of benzene rings is 1. The third-order valence-electron chi connectivity index (χ3n) is 4.76. The Balaban J connectivity index is 1.75. The summed E-state index contributed by atoms with van der Waals surface area (Å²) >= 11 is 1.49. The summed E-state index contributed by atoms with van der Waals surface area (Å²) in [6.45, 7) is 2.48. The van der Waals surface area contributed by atoms with Crippen LogP contribution in [0.1, 0.15) is 35.8 Å². The molecule has 3 rings (SSSR count). The topological polar surface area (TPSA) is 89.0 Å². The average molecular weight is 390 g/mol. The van der Waals surface area contributed by atoms with Gasteiger partial charge in [-0.05, 0) is 38.0 Å². The number of aliphatic carboxylic acids is 1. The zero-order chi connectivity index (χ0) is 19.4. The van der Waals surface area contributed by atoms with E-state index in [9.17, 15) is 14.7 Å². The molecule has 1 amide bonds. The molecule has 0 saturated carbocycles. The van der Waals surface area contributed by atoms with Crippen LogP contribution in [0.5, 0.6) is 11.5 Å². The summed E-state index contributed by atoms with van der Waals surface area (Å²) in [6.07, 6.45) is 1.27. The standard InChI is InChI=1S/C19H22N2O5S/c1-12-3-4-14(19(23)24)8-21(12)18(22)13-5-6-16(17(7-13)25-2)26-9-15-10-27-11-20-15/h5-7,10-12,14H,3-4,8-9H2,1-2H3,(H,23,24). The van der Waals surface area contributed by atoms with Gasteiger partial charge in [0.1, 0.15) is 6.61 Å². The lowest BCUT2D eigenvalue weighted by Gasteiger charge is -2.36. The van der Waals surface area contributed by atoms with Crippen LogP contribution in [0.2, 0.25) is 0 Å². The summed E-state index contributed by atoms with van der Waals surface area (Å²) in [5.74, 6) is -0.596. The summed E-state index contributed by atoms with van der Waals surface area (Å²) < 4.78 is 11.1. The molecule has 2 aromatic rings. The molecule has 0 radical (unpaired) electrons. The smallest absolute Gasteiger partial charge is 0.308 e. The van der Waals surface area contributed by atoms with Crippen molar-refractivity contribution in [3.63, 3.8) is 0 Å². The zero-order valence-electron chi connectivity index (χ0n) is 15.3. The van der Waals surface area contributed by atoms with Crippen molar-refractivity contribution in [2.75, 3.05) is 13.7 Å². The number of nitrogens with zero attached hydrogens (tertiary/aromatic N) is 2. The molecule has 1 N–H and O–H groups in total. The number of amides is 1. The molecule has 7 nitrogen and oxygen atoms in total. The number of carbonyl (C=O) groups excluding carboxylic acids is 1. The van der Waals surface area contributed by atoms with Crippen molar-refractivity contribution >= 4 is 23.2 Å². The number of hydrogen-bond donors (Lipinski definition) is 1. The molecular weight excluding hydrogens is 368 g/mol. The van der Waals surface area contributed by atoms with Crippen LogP contribution in [0.25, 0.3) is 0 Å². The first-order chi connectivity index (χ1) is 13.0. The van der Waals surface area contributed by atoms with Gasteiger partial charge in [-0.3, -0.25) is 9.59 Å². The lowest BCUT2D eigenvalue weighted by Crippen LogP contribution is -2.47. The van der Waals surface area contributed by atoms with Crippen molar-refractivity contribution in [2.24, 2.45) is 5.92 Å². The molecule has 2 atom stereocenters. The van der Waals surface area contributed by atoms with Crippen molar-refractivity contribution in [2.45, 2.75) is 32.4 Å². The molecule has 8 heteroatoms. The molecule has 1 saturated heterocycles. The van der Waals surface area contributed by atoms with Crippen LogP contribution in [0.3, 0.4) is 0 Å². The molecule has 1 aliphatic rings. The number of aromatic nitrogens is 1. The number of carboxylic acid groups (broad SMARTS) is 1. The number of thiazole rings is 1. The van der Waals surface area contributed by atoms with Gasteiger partial charge in [0.15, 0.2) is 11.5 Å². The minimum atomic E-state index is -0.858. The van der Waals surface area contributed by atoms with Gasteiger partial charge in [0.05, 0.1) is 24.2 Å². The lowest BCUT2D eigenvalue weighted by atomic mass is 9.93. The molecule has 2 heterocycles. The Morgan fingerprint density at radius 1 is 1.33 bits per heavy atom. The fourth-order valence-electron chi connectivity index (χ4n) is 3.14. The molecular formula is C19H22N2O5S. The SMILES string of the molecule is COc1cc(C(=O)N2CC(C(=O)O)CCC2C)ccc1OCc1cscn1. The van der Waals surface area contributed by atoms with E-state index >= 15 is 0 Å². The molecule has 1 fully saturated rings. The maximum Gasteiger partial charge on any atom is 0.308 e. The first kappa shape index (κ1) is 19.2. The second kappa shape index (κ2) is 8.39. The predicted molar refractivity (Wildman–Crippen MR) is 100 cm³/mol. The van der Waals surface area contributed by atoms with E-state index in [-0.39, 0.29) is 18.5 Å². The van der Waals surface area contributed by atoms with Crippen LogP contribution < -0.4 is 9.47 Å². The van der Waals surface area contributed by atoms with Gasteiger partial charge in [-0.1, -0.05) is 0 Å². The minimum Gasteiger partial charge on any atom is -0.493 e. The predicted octanol–water partition coefficient (Wildman–Crippen LogP) is 3.06. The van der Waals surface area contributed by atoms with Gasteiger partial charge >= 0.3 is 5.97 Å². The number of rotatable bonds is 6. The van der Waals surface area contributed by atoms with Gasteiger partial charge < -0.3 is 19.5 Å². The molecule has 1 aromatic carbocycles. The van der Waals surface area contributed by atoms with E-state index in [1.165, 1.54) is 18.4 Å². The number of ether oxygens (including phenoxy) is 2. The first-order valence-corrected chi connectivity index (χ1v) is 9.65. The highest BCUT2D eigenvalue weighted by atomic mass is 32.1. The molecule has 144 valence electrons. The molecule has 1 aromatic heterocycles. The summed E-state index contributed by atoms with van der Waals surface area (Å²) in [4.78, 5) is 30.0. The second-order valence-electron chi connectivity index (χ2n) is 6.55. The highest BCUT2D eigenvalue weighted by Gasteiger charge is 2.33. The highest BCUT2D eigenvalue weighted by Crippen LogP contribution is 2.31. The molecule has 1 aliphatic heterocycles. The van der Waals surface area contributed by atoms with Gasteiger partial charge in [0.25, 0.3) is 5.91 Å². The maximum absolute atomic E-state index is 12.9. The van der Waals surface area contributed by atoms with Gasteiger partial charge in [0.2, 0.25) is 0 Å². The summed E-state index contributed by atoms with van der Waals surface area (Å²) in [5.41, 5.74) is 3.01. The average Bonchev–Trinajstić information content (AvgIpc) is 3.19. The van der Waals surface area contributed by atoms with E-state index in [0.29, 0.717) is 36.5 Å². The summed E-state index contributed by atoms with van der Waals surface area (Å²) in [7, 11) is 1.52. The highest BCUT2D eigenvalue weighted by molar-refractivity contribution is 7.07. The monoisotopic (exact) mass is 390 g/mol. The third kappa shape index (κ3) is 4.39. The second-order valence-corrected chi connectivity index (χ2v) is 7.27. The maximum atomic E-state index is 12.9. The van der Waals surface area contributed by atoms with E-state index < -0.39 is 11.9 Å². The third-order valence-corrected chi connectivity index (χ3v) is 5.40. The van der Waals surface area contributed by atoms with Gasteiger partial charge in [-0.15, -0.1) is 11.3 Å². The fraction of sp³-hybridized carbons (Fsp3) is 0.421. The summed E-state index contributed by atoms with van der Waals surface area (Å²) in [6, 6.07) is 5.01. The Kier molecular flexibility index (Phi) is 5.95. The van der Waals surface area contributed by atoms with E-state index in [0.717, 1.165) is 5.69 Å². The number of carbonyl (C=O) groups is 2. The van der Waals surface area contributed by atoms with E-state index in [4.69, 9.17) is 9.47 Å². The Morgan fingerprint density at radius 3 is 2.81 bits per heavy atom. The van der Waals surface area contributed by atoms with E-state index in [1.54, 1.807) is 28.6 Å². The van der Waals surface area contributed by atoms with E-state index in [2.05, 4.69) is 4.98 Å². The molecule has 0 aliphatic carbocycles. The Hall–Kier alpha value is -2.61. The number of methoxy groups -OCH3 is 1. The van der Waals surface area contributed by atoms with Crippen LogP contribution in [-0.4, -0.2) is 46.6 Å². The number of piperidine rings is 1. The van der Waals surface area contributed by atoms with Crippen LogP contribution in [-0.2, 0) is 11.4 Å². The number of hydrogen-bond acceptors (Lipinski definition) is 6. The molecule has 0 bridgehead atoms. The van der Waals surface area contributed by atoms with Crippen LogP contribution in [0.15, 0.2) is 29.1 Å². The van der Waals surface area contributed by atoms with Crippen LogP contribution in [0.4, 0.5) is 0 Å². The lowest BCUT2D eigenvalue weighted by molar-refractivity contribution is -0.143. The van der Waals surface area contributed by atoms with Crippen molar-refractivity contribution < 1.29 is 24.2 Å². The van der Waals surface area contributed by atoms with Gasteiger partial charge in [-0.25, -0.2) is 4.98 Å². The Bertz CT molecular complexity index is 808. The molecule has 27 heavy (non-hydrogen) atoms. The largest absolute Gasteiger partial charge is 0.493 e. The minimum absolute atomic E-state index is 0.000290. The molecule has 2 unspecified atom stereocenters. The Morgan fingerprint density at radius 2 is 2.15 bits per heavy atom. The number of carboxylic acids is 1. The van der Waals surface area contributed by atoms with E-state index in [1.807, 2.05) is 12.3 Å². The number of likely N-dealkylation sites (tertiary alicyclic amines) is 1. The van der Waals surface area contributed by atoms with Crippen molar-refractivity contribution in [1.29, 1.82) is 0 Å². The van der Waals surface area contributed by atoms with Gasteiger partial charge in [0, 0.05) is 23.5 Å². The first-order valence-electron chi connectivity index (χ1n) is 8.71. The normalized spacial score (nSPS) is 19.6. The van der Waals surface area contributed by atoms with Crippen LogP contribution in [0, 0.1) is 5.92 Å². The van der Waals surface area contributed by atoms with Gasteiger partial charge in [-0.2, -0.15) is 0 Å². The van der Waals surface area contributed by atoms with Crippen molar-refractivity contribution in [1.82, 2.24) is 9.88 Å². The molecule has 0 spiro atoms.